The second-order valence-electron chi connectivity index (χ2n) is 6.90. The fraction of sp³-hybridized carbons (Fsp3) is 0.474. The number of benzene rings is 1. The number of aryl methyl sites for hydroxylation is 2. The number of ketones is 1. The molecule has 0 aliphatic carbocycles. The number of rotatable bonds is 1. The van der Waals surface area contributed by atoms with Gasteiger partial charge < -0.3 is 14.1 Å². The maximum atomic E-state index is 12.9. The first kappa shape index (κ1) is 15.4. The Morgan fingerprint density at radius 1 is 1.25 bits per heavy atom. The summed E-state index contributed by atoms with van der Waals surface area (Å²) in [5, 5.41) is 0.947. The summed E-state index contributed by atoms with van der Waals surface area (Å²) < 4.78 is 11.5. The van der Waals surface area contributed by atoms with E-state index >= 15 is 0 Å². The van der Waals surface area contributed by atoms with Crippen LogP contribution in [0.1, 0.15) is 40.9 Å². The summed E-state index contributed by atoms with van der Waals surface area (Å²) in [5.74, 6) is 0.151. The number of ether oxygens (including phenoxy) is 1. The van der Waals surface area contributed by atoms with Crippen molar-refractivity contribution in [2.24, 2.45) is 0 Å². The molecular formula is C19H21NO4. The Labute approximate surface area is 140 Å². The third-order valence-corrected chi connectivity index (χ3v) is 5.31. The minimum absolute atomic E-state index is 0.0178. The molecule has 1 aromatic heterocycles. The molecule has 1 unspecified atom stereocenters. The molecule has 2 aromatic rings. The van der Waals surface area contributed by atoms with Gasteiger partial charge in [0.05, 0.1) is 6.54 Å². The van der Waals surface area contributed by atoms with E-state index in [0.717, 1.165) is 34.9 Å². The molecule has 0 bridgehead atoms. The van der Waals surface area contributed by atoms with E-state index in [9.17, 15) is 9.59 Å². The van der Waals surface area contributed by atoms with Crippen LogP contribution in [0.4, 0.5) is 0 Å². The average Bonchev–Trinajstić information content (AvgIpc) is 3.15. The van der Waals surface area contributed by atoms with Gasteiger partial charge in [0.1, 0.15) is 11.2 Å². The largest absolute Gasteiger partial charge is 0.451 e. The molecule has 1 spiro atoms. The zero-order chi connectivity index (χ0) is 16.9. The topological polar surface area (TPSA) is 59.8 Å². The molecule has 24 heavy (non-hydrogen) atoms. The number of Topliss-reactive ketones (excluding diaryl/α,β-unsaturated/α-hetero) is 1. The van der Waals surface area contributed by atoms with Crippen LogP contribution in [0.5, 0.6) is 0 Å². The Hall–Kier alpha value is -2.14. The lowest BCUT2D eigenvalue weighted by Crippen LogP contribution is -2.53. The van der Waals surface area contributed by atoms with Gasteiger partial charge in [0.2, 0.25) is 0 Å². The van der Waals surface area contributed by atoms with Gasteiger partial charge in [-0.15, -0.1) is 0 Å². The molecule has 0 N–H and O–H groups in total. The molecule has 2 aliphatic heterocycles. The van der Waals surface area contributed by atoms with Crippen LogP contribution in [0, 0.1) is 13.8 Å². The predicted molar refractivity (Wildman–Crippen MR) is 89.1 cm³/mol. The maximum Gasteiger partial charge on any atom is 0.290 e. The summed E-state index contributed by atoms with van der Waals surface area (Å²) in [6.07, 6.45) is 2.27. The number of amides is 1. The van der Waals surface area contributed by atoms with Crippen molar-refractivity contribution < 1.29 is 18.7 Å². The van der Waals surface area contributed by atoms with Crippen LogP contribution in [0.3, 0.4) is 0 Å². The molecule has 1 aromatic carbocycles. The summed E-state index contributed by atoms with van der Waals surface area (Å²) in [6, 6.07) is 5.91. The lowest BCUT2D eigenvalue weighted by atomic mass is 9.87. The highest BCUT2D eigenvalue weighted by molar-refractivity contribution is 6.02. The minimum atomic E-state index is -0.642. The smallest absolute Gasteiger partial charge is 0.290 e. The normalized spacial score (nSPS) is 24.2. The number of carbonyl (C=O) groups excluding carboxylic acids is 2. The molecule has 126 valence electrons. The van der Waals surface area contributed by atoms with Gasteiger partial charge in [-0.2, -0.15) is 0 Å². The number of nitrogens with zero attached hydrogens (tertiary/aromatic N) is 1. The van der Waals surface area contributed by atoms with E-state index in [-0.39, 0.29) is 18.2 Å². The van der Waals surface area contributed by atoms with E-state index in [0.29, 0.717) is 25.3 Å². The van der Waals surface area contributed by atoms with Crippen LogP contribution < -0.4 is 0 Å². The zero-order valence-electron chi connectivity index (χ0n) is 14.1. The van der Waals surface area contributed by atoms with Gasteiger partial charge in [0.15, 0.2) is 11.5 Å². The van der Waals surface area contributed by atoms with Crippen LogP contribution in [-0.2, 0) is 9.53 Å². The minimum Gasteiger partial charge on any atom is -0.451 e. The van der Waals surface area contributed by atoms with E-state index in [4.69, 9.17) is 9.15 Å². The Morgan fingerprint density at radius 2 is 2.08 bits per heavy atom. The maximum absolute atomic E-state index is 12.9. The Bertz CT molecular complexity index is 829. The number of likely N-dealkylation sites (tertiary alicyclic amines) is 1. The molecule has 1 amide bonds. The Morgan fingerprint density at radius 3 is 2.79 bits per heavy atom. The van der Waals surface area contributed by atoms with Crippen molar-refractivity contribution in [1.29, 1.82) is 0 Å². The van der Waals surface area contributed by atoms with Crippen LogP contribution >= 0.6 is 0 Å². The fourth-order valence-electron chi connectivity index (χ4n) is 3.82. The van der Waals surface area contributed by atoms with Gasteiger partial charge in [-0.05, 0) is 38.3 Å². The lowest BCUT2D eigenvalue weighted by Gasteiger charge is -2.36. The standard InChI is InChI=1S/C19H21NO4/c1-12-4-5-14-13(2)17(24-15(14)10-12)18(22)20-8-7-19(16(21)11-20)6-3-9-23-19/h4-5,10H,3,6-9,11H2,1-2H3. The fourth-order valence-corrected chi connectivity index (χ4v) is 3.82. The zero-order valence-corrected chi connectivity index (χ0v) is 14.1. The number of hydrogen-bond donors (Lipinski definition) is 0. The van der Waals surface area contributed by atoms with Crippen molar-refractivity contribution in [3.8, 4) is 0 Å². The first-order valence-corrected chi connectivity index (χ1v) is 8.46. The number of furan rings is 1. The van der Waals surface area contributed by atoms with Gasteiger partial charge in [-0.3, -0.25) is 9.59 Å². The summed E-state index contributed by atoms with van der Waals surface area (Å²) in [7, 11) is 0. The molecule has 2 fully saturated rings. The summed E-state index contributed by atoms with van der Waals surface area (Å²) >= 11 is 0. The first-order valence-electron chi connectivity index (χ1n) is 8.46. The van der Waals surface area contributed by atoms with Crippen LogP contribution in [-0.4, -0.2) is 41.9 Å². The molecule has 0 saturated carbocycles. The van der Waals surface area contributed by atoms with Gasteiger partial charge >= 0.3 is 0 Å². The highest BCUT2D eigenvalue weighted by Crippen LogP contribution is 2.34. The molecule has 2 aliphatic rings. The average molecular weight is 327 g/mol. The highest BCUT2D eigenvalue weighted by Gasteiger charge is 2.46. The third kappa shape index (κ3) is 2.26. The number of piperidine rings is 1. The van der Waals surface area contributed by atoms with E-state index in [1.165, 1.54) is 0 Å². The molecule has 0 radical (unpaired) electrons. The SMILES string of the molecule is Cc1ccc2c(C)c(C(=O)N3CCC4(CCCO4)C(=O)C3)oc2c1. The number of hydrogen-bond acceptors (Lipinski definition) is 4. The molecule has 5 nitrogen and oxygen atoms in total. The second-order valence-corrected chi connectivity index (χ2v) is 6.90. The second kappa shape index (κ2) is 5.45. The lowest BCUT2D eigenvalue weighted by molar-refractivity contribution is -0.144. The van der Waals surface area contributed by atoms with E-state index in [1.54, 1.807) is 4.90 Å². The van der Waals surface area contributed by atoms with Crippen molar-refractivity contribution in [3.63, 3.8) is 0 Å². The Balaban J connectivity index is 1.60. The Kier molecular flexibility index (Phi) is 3.49. The van der Waals surface area contributed by atoms with E-state index < -0.39 is 5.60 Å². The summed E-state index contributed by atoms with van der Waals surface area (Å²) in [5.41, 5.74) is 2.00. The van der Waals surface area contributed by atoms with Crippen LogP contribution in [0.25, 0.3) is 11.0 Å². The third-order valence-electron chi connectivity index (χ3n) is 5.31. The van der Waals surface area contributed by atoms with E-state index in [1.807, 2.05) is 32.0 Å². The molecule has 3 heterocycles. The van der Waals surface area contributed by atoms with Crippen molar-refractivity contribution in [2.75, 3.05) is 19.7 Å². The quantitative estimate of drug-likeness (QED) is 0.808. The van der Waals surface area contributed by atoms with Crippen molar-refractivity contribution in [3.05, 3.63) is 35.1 Å². The summed E-state index contributed by atoms with van der Waals surface area (Å²) in [6.45, 7) is 5.15. The number of fused-ring (bicyclic) bond motifs is 1. The van der Waals surface area contributed by atoms with Crippen molar-refractivity contribution in [2.45, 2.75) is 38.7 Å². The van der Waals surface area contributed by atoms with Crippen LogP contribution in [0.15, 0.2) is 22.6 Å². The first-order chi connectivity index (χ1) is 11.5. The van der Waals surface area contributed by atoms with Gasteiger partial charge in [-0.25, -0.2) is 0 Å². The van der Waals surface area contributed by atoms with Crippen molar-refractivity contribution >= 4 is 22.7 Å². The van der Waals surface area contributed by atoms with Gasteiger partial charge in [0.25, 0.3) is 5.91 Å². The van der Waals surface area contributed by atoms with Crippen molar-refractivity contribution in [1.82, 2.24) is 4.90 Å². The van der Waals surface area contributed by atoms with E-state index in [2.05, 4.69) is 0 Å². The van der Waals surface area contributed by atoms with Crippen LogP contribution in [0.2, 0.25) is 0 Å². The molecular weight excluding hydrogens is 306 g/mol. The molecule has 4 rings (SSSR count). The highest BCUT2D eigenvalue weighted by atomic mass is 16.5. The van der Waals surface area contributed by atoms with Gasteiger partial charge in [-0.1, -0.05) is 12.1 Å². The monoisotopic (exact) mass is 327 g/mol. The molecule has 5 heteroatoms. The van der Waals surface area contributed by atoms with Gasteiger partial charge in [0, 0.05) is 30.5 Å². The predicted octanol–water partition coefficient (Wildman–Crippen LogP) is 3.01. The number of carbonyl (C=O) groups is 2. The molecule has 2 saturated heterocycles. The summed E-state index contributed by atoms with van der Waals surface area (Å²) in [4.78, 5) is 27.0. The molecule has 1 atom stereocenters.